The van der Waals surface area contributed by atoms with Crippen molar-refractivity contribution < 1.29 is 14.7 Å². The summed E-state index contributed by atoms with van der Waals surface area (Å²) in [7, 11) is 3.87. The average molecular weight is 279 g/mol. The first-order chi connectivity index (χ1) is 9.31. The van der Waals surface area contributed by atoms with Crippen LogP contribution in [0, 0.1) is 6.92 Å². The summed E-state index contributed by atoms with van der Waals surface area (Å²) in [5.74, 6) is -1.02. The van der Waals surface area contributed by atoms with Gasteiger partial charge in [0.05, 0.1) is 5.56 Å². The third-order valence-corrected chi connectivity index (χ3v) is 3.17. The van der Waals surface area contributed by atoms with Crippen LogP contribution in [0.15, 0.2) is 18.2 Å². The van der Waals surface area contributed by atoms with E-state index in [1.807, 2.05) is 32.8 Å². The third-order valence-electron chi connectivity index (χ3n) is 3.17. The van der Waals surface area contributed by atoms with E-state index in [2.05, 4.69) is 10.6 Å². The molecule has 1 rings (SSSR count). The van der Waals surface area contributed by atoms with Gasteiger partial charge in [0, 0.05) is 18.3 Å². The molecule has 0 heterocycles. The number of nitrogens with one attached hydrogen (secondary N) is 2. The molecule has 1 aromatic carbocycles. The number of carboxylic acids is 1. The third kappa shape index (κ3) is 4.55. The summed E-state index contributed by atoms with van der Waals surface area (Å²) in [5.41, 5.74) is 1.46. The summed E-state index contributed by atoms with van der Waals surface area (Å²) in [4.78, 5) is 24.7. The first kappa shape index (κ1) is 16.0. The number of urea groups is 1. The van der Waals surface area contributed by atoms with Crippen LogP contribution in [-0.4, -0.2) is 48.7 Å². The summed E-state index contributed by atoms with van der Waals surface area (Å²) in [6.45, 7) is 4.32. The highest BCUT2D eigenvalue weighted by Gasteiger charge is 2.10. The summed E-state index contributed by atoms with van der Waals surface area (Å²) in [5, 5.41) is 14.4. The van der Waals surface area contributed by atoms with Gasteiger partial charge < -0.3 is 20.6 Å². The fraction of sp³-hybridized carbons (Fsp3) is 0.429. The zero-order valence-corrected chi connectivity index (χ0v) is 12.2. The van der Waals surface area contributed by atoms with Crippen molar-refractivity contribution >= 4 is 17.7 Å². The van der Waals surface area contributed by atoms with Crippen molar-refractivity contribution in [3.63, 3.8) is 0 Å². The molecule has 20 heavy (non-hydrogen) atoms. The Kier molecular flexibility index (Phi) is 5.52. The minimum absolute atomic E-state index is 0.146. The molecular formula is C14H21N3O3. The number of benzene rings is 1. The molecule has 0 aliphatic carbocycles. The van der Waals surface area contributed by atoms with Gasteiger partial charge in [-0.1, -0.05) is 6.07 Å². The minimum Gasteiger partial charge on any atom is -0.478 e. The zero-order valence-electron chi connectivity index (χ0n) is 12.2. The van der Waals surface area contributed by atoms with Crippen LogP contribution in [0.5, 0.6) is 0 Å². The highest BCUT2D eigenvalue weighted by molar-refractivity contribution is 5.93. The Morgan fingerprint density at radius 2 is 2.00 bits per heavy atom. The fourth-order valence-corrected chi connectivity index (χ4v) is 1.48. The van der Waals surface area contributed by atoms with Crippen molar-refractivity contribution in [2.24, 2.45) is 0 Å². The zero-order chi connectivity index (χ0) is 15.3. The maximum Gasteiger partial charge on any atom is 0.335 e. The number of carbonyl (C=O) groups is 2. The molecule has 1 unspecified atom stereocenters. The number of carbonyl (C=O) groups excluding carboxylic acids is 1. The highest BCUT2D eigenvalue weighted by Crippen LogP contribution is 2.16. The lowest BCUT2D eigenvalue weighted by Crippen LogP contribution is -2.40. The van der Waals surface area contributed by atoms with Crippen LogP contribution in [0.25, 0.3) is 0 Å². The second kappa shape index (κ2) is 6.91. The molecule has 0 aliphatic heterocycles. The van der Waals surface area contributed by atoms with Gasteiger partial charge in [0.25, 0.3) is 0 Å². The number of anilines is 1. The maximum absolute atomic E-state index is 11.8. The molecule has 2 amide bonds. The Morgan fingerprint density at radius 3 is 2.55 bits per heavy atom. The number of hydrogen-bond donors (Lipinski definition) is 3. The molecule has 0 radical (unpaired) electrons. The monoisotopic (exact) mass is 279 g/mol. The number of nitrogens with zero attached hydrogens (tertiary/aromatic N) is 1. The van der Waals surface area contributed by atoms with Crippen molar-refractivity contribution in [2.75, 3.05) is 26.0 Å². The lowest BCUT2D eigenvalue weighted by molar-refractivity contribution is 0.0697. The molecule has 0 saturated carbocycles. The Morgan fingerprint density at radius 1 is 1.35 bits per heavy atom. The SMILES string of the molecule is Cc1ccc(C(=O)O)cc1NC(=O)NCC(C)N(C)C. The number of likely N-dealkylation sites (N-methyl/N-ethyl adjacent to an activating group) is 1. The van der Waals surface area contributed by atoms with Crippen LogP contribution in [-0.2, 0) is 0 Å². The quantitative estimate of drug-likeness (QED) is 0.767. The molecular weight excluding hydrogens is 258 g/mol. The Hall–Kier alpha value is -2.08. The lowest BCUT2D eigenvalue weighted by atomic mass is 10.1. The standard InChI is InChI=1S/C14H21N3O3/c1-9-5-6-11(13(18)19)7-12(9)16-14(20)15-8-10(2)17(3)4/h5-7,10H,8H2,1-4H3,(H,18,19)(H2,15,16,20). The van der Waals surface area contributed by atoms with Crippen molar-refractivity contribution in [1.82, 2.24) is 10.2 Å². The van der Waals surface area contributed by atoms with Crippen LogP contribution >= 0.6 is 0 Å². The van der Waals surface area contributed by atoms with Crippen LogP contribution in [0.2, 0.25) is 0 Å². The van der Waals surface area contributed by atoms with E-state index in [1.54, 1.807) is 6.07 Å². The maximum atomic E-state index is 11.8. The molecule has 0 aliphatic rings. The Balaban J connectivity index is 2.66. The molecule has 6 nitrogen and oxygen atoms in total. The number of amides is 2. The van der Waals surface area contributed by atoms with Gasteiger partial charge in [0.2, 0.25) is 0 Å². The van der Waals surface area contributed by atoms with Gasteiger partial charge in [-0.2, -0.15) is 0 Å². The summed E-state index contributed by atoms with van der Waals surface area (Å²) >= 11 is 0. The molecule has 0 bridgehead atoms. The van der Waals surface area contributed by atoms with Gasteiger partial charge in [-0.15, -0.1) is 0 Å². The summed E-state index contributed by atoms with van der Waals surface area (Å²) < 4.78 is 0. The normalized spacial score (nSPS) is 12.1. The first-order valence-corrected chi connectivity index (χ1v) is 6.36. The Bertz CT molecular complexity index is 500. The van der Waals surface area contributed by atoms with Gasteiger partial charge in [0.1, 0.15) is 0 Å². The molecule has 1 aromatic rings. The van der Waals surface area contributed by atoms with E-state index in [9.17, 15) is 9.59 Å². The largest absolute Gasteiger partial charge is 0.478 e. The van der Waals surface area contributed by atoms with E-state index < -0.39 is 5.97 Å². The number of rotatable bonds is 5. The van der Waals surface area contributed by atoms with E-state index in [0.29, 0.717) is 12.2 Å². The number of aryl methyl sites for hydroxylation is 1. The van der Waals surface area contributed by atoms with E-state index in [4.69, 9.17) is 5.11 Å². The molecule has 3 N–H and O–H groups in total. The predicted molar refractivity (Wildman–Crippen MR) is 78.3 cm³/mol. The smallest absolute Gasteiger partial charge is 0.335 e. The van der Waals surface area contributed by atoms with E-state index >= 15 is 0 Å². The topological polar surface area (TPSA) is 81.7 Å². The molecule has 6 heteroatoms. The first-order valence-electron chi connectivity index (χ1n) is 6.36. The summed E-state index contributed by atoms with van der Waals surface area (Å²) in [6.07, 6.45) is 0. The highest BCUT2D eigenvalue weighted by atomic mass is 16.4. The second-order valence-electron chi connectivity index (χ2n) is 4.98. The number of aromatic carboxylic acids is 1. The second-order valence-corrected chi connectivity index (χ2v) is 4.98. The Labute approximate surface area is 118 Å². The van der Waals surface area contributed by atoms with Crippen molar-refractivity contribution in [1.29, 1.82) is 0 Å². The van der Waals surface area contributed by atoms with Crippen LogP contribution < -0.4 is 10.6 Å². The van der Waals surface area contributed by atoms with Crippen LogP contribution in [0.3, 0.4) is 0 Å². The molecule has 0 spiro atoms. The molecule has 0 aromatic heterocycles. The van der Waals surface area contributed by atoms with Crippen molar-refractivity contribution in [3.05, 3.63) is 29.3 Å². The molecule has 0 saturated heterocycles. The van der Waals surface area contributed by atoms with Crippen molar-refractivity contribution in [3.8, 4) is 0 Å². The van der Waals surface area contributed by atoms with E-state index in [1.165, 1.54) is 12.1 Å². The minimum atomic E-state index is -1.02. The number of carboxylic acid groups (broad SMARTS) is 1. The van der Waals surface area contributed by atoms with Gasteiger partial charge in [-0.05, 0) is 45.6 Å². The molecule has 0 fully saturated rings. The van der Waals surface area contributed by atoms with Crippen molar-refractivity contribution in [2.45, 2.75) is 19.9 Å². The molecule has 110 valence electrons. The van der Waals surface area contributed by atoms with Gasteiger partial charge >= 0.3 is 12.0 Å². The van der Waals surface area contributed by atoms with Crippen LogP contribution in [0.1, 0.15) is 22.8 Å². The number of hydrogen-bond acceptors (Lipinski definition) is 3. The average Bonchev–Trinajstić information content (AvgIpc) is 2.38. The van der Waals surface area contributed by atoms with Gasteiger partial charge in [-0.3, -0.25) is 0 Å². The van der Waals surface area contributed by atoms with Crippen LogP contribution in [0.4, 0.5) is 10.5 Å². The van der Waals surface area contributed by atoms with Gasteiger partial charge in [0.15, 0.2) is 0 Å². The summed E-state index contributed by atoms with van der Waals surface area (Å²) in [6, 6.07) is 4.50. The van der Waals surface area contributed by atoms with E-state index in [0.717, 1.165) is 5.56 Å². The van der Waals surface area contributed by atoms with Gasteiger partial charge in [-0.25, -0.2) is 9.59 Å². The van der Waals surface area contributed by atoms with E-state index in [-0.39, 0.29) is 17.6 Å². The molecule has 1 atom stereocenters. The fourth-order valence-electron chi connectivity index (χ4n) is 1.48. The lowest BCUT2D eigenvalue weighted by Gasteiger charge is -2.20. The predicted octanol–water partition coefficient (Wildman–Crippen LogP) is 1.76.